The highest BCUT2D eigenvalue weighted by atomic mass is 16.1. The van der Waals surface area contributed by atoms with Crippen molar-refractivity contribution < 1.29 is 4.79 Å². The van der Waals surface area contributed by atoms with Crippen molar-refractivity contribution in [1.29, 1.82) is 0 Å². The summed E-state index contributed by atoms with van der Waals surface area (Å²) < 4.78 is 3.58. The normalized spacial score (nSPS) is 10.6. The number of carbonyl (C=O) groups excluding carboxylic acids is 1. The van der Waals surface area contributed by atoms with E-state index in [0.717, 1.165) is 18.8 Å². The number of hydrogen-bond acceptors (Lipinski definition) is 3. The highest BCUT2D eigenvalue weighted by Gasteiger charge is 2.09. The lowest BCUT2D eigenvalue weighted by Gasteiger charge is -2.05. The van der Waals surface area contributed by atoms with Gasteiger partial charge < -0.3 is 5.32 Å². The molecule has 0 fully saturated rings. The van der Waals surface area contributed by atoms with Crippen LogP contribution in [0.15, 0.2) is 24.5 Å². The van der Waals surface area contributed by atoms with Crippen LogP contribution in [0.4, 0.5) is 0 Å². The number of nitrogens with zero attached hydrogens (tertiary/aromatic N) is 4. The Hall–Kier alpha value is -2.11. The number of aryl methyl sites for hydroxylation is 2. The van der Waals surface area contributed by atoms with E-state index in [2.05, 4.69) is 15.5 Å². The smallest absolute Gasteiger partial charge is 0.272 e. The maximum atomic E-state index is 11.9. The lowest BCUT2D eigenvalue weighted by molar-refractivity contribution is 0.0944. The van der Waals surface area contributed by atoms with Gasteiger partial charge in [-0.2, -0.15) is 10.2 Å². The van der Waals surface area contributed by atoms with Gasteiger partial charge in [0.1, 0.15) is 5.69 Å². The van der Waals surface area contributed by atoms with Crippen LogP contribution in [0.1, 0.15) is 30.0 Å². The minimum atomic E-state index is -0.161. The summed E-state index contributed by atoms with van der Waals surface area (Å²) in [4.78, 5) is 11.9. The third-order valence-corrected chi connectivity index (χ3v) is 2.73. The van der Waals surface area contributed by atoms with Crippen LogP contribution in [-0.4, -0.2) is 25.5 Å². The number of rotatable bonds is 5. The molecule has 6 nitrogen and oxygen atoms in total. The summed E-state index contributed by atoms with van der Waals surface area (Å²) in [7, 11) is 0. The van der Waals surface area contributed by atoms with E-state index >= 15 is 0 Å². The number of hydrogen-bond donors (Lipinski definition) is 1. The molecule has 0 aliphatic rings. The first-order chi connectivity index (χ1) is 8.74. The lowest BCUT2D eigenvalue weighted by atomic mass is 10.3. The van der Waals surface area contributed by atoms with Crippen LogP contribution in [0.5, 0.6) is 0 Å². The van der Waals surface area contributed by atoms with Crippen LogP contribution >= 0.6 is 0 Å². The van der Waals surface area contributed by atoms with Gasteiger partial charge in [-0.25, -0.2) is 0 Å². The van der Waals surface area contributed by atoms with Gasteiger partial charge in [-0.3, -0.25) is 14.2 Å². The molecule has 0 bridgehead atoms. The second-order valence-electron chi connectivity index (χ2n) is 3.88. The molecule has 2 aromatic heterocycles. The molecular formula is C12H17N5O. The Labute approximate surface area is 106 Å². The maximum absolute atomic E-state index is 11.9. The first-order valence-electron chi connectivity index (χ1n) is 6.07. The van der Waals surface area contributed by atoms with E-state index in [0.29, 0.717) is 12.2 Å². The fourth-order valence-electron chi connectivity index (χ4n) is 1.72. The summed E-state index contributed by atoms with van der Waals surface area (Å²) in [6.07, 6.45) is 3.53. The van der Waals surface area contributed by atoms with Crippen molar-refractivity contribution in [3.8, 4) is 0 Å². The SMILES string of the molecule is CCn1ccc(C(=O)NCc2ccnn2CC)n1. The topological polar surface area (TPSA) is 64.7 Å². The zero-order valence-electron chi connectivity index (χ0n) is 10.6. The number of amides is 1. The predicted molar refractivity (Wildman–Crippen MR) is 67.0 cm³/mol. The first kappa shape index (κ1) is 12.3. The Kier molecular flexibility index (Phi) is 3.76. The summed E-state index contributed by atoms with van der Waals surface area (Å²) in [6.45, 7) is 6.01. The minimum absolute atomic E-state index is 0.161. The Morgan fingerprint density at radius 2 is 2.17 bits per heavy atom. The molecule has 0 saturated heterocycles. The van der Waals surface area contributed by atoms with Crippen molar-refractivity contribution >= 4 is 5.91 Å². The van der Waals surface area contributed by atoms with Crippen LogP contribution < -0.4 is 5.32 Å². The first-order valence-corrected chi connectivity index (χ1v) is 6.07. The van der Waals surface area contributed by atoms with E-state index in [4.69, 9.17) is 0 Å². The molecule has 2 heterocycles. The predicted octanol–water partition coefficient (Wildman–Crippen LogP) is 1.05. The van der Waals surface area contributed by atoms with Gasteiger partial charge in [0, 0.05) is 25.5 Å². The van der Waals surface area contributed by atoms with Gasteiger partial charge >= 0.3 is 0 Å². The summed E-state index contributed by atoms with van der Waals surface area (Å²) >= 11 is 0. The standard InChI is InChI=1S/C12H17N5O/c1-3-16-8-6-11(15-16)12(18)13-9-10-5-7-14-17(10)4-2/h5-8H,3-4,9H2,1-2H3,(H,13,18). The molecular weight excluding hydrogens is 230 g/mol. The third-order valence-electron chi connectivity index (χ3n) is 2.73. The molecule has 0 radical (unpaired) electrons. The Morgan fingerprint density at radius 3 is 2.83 bits per heavy atom. The summed E-state index contributed by atoms with van der Waals surface area (Å²) in [6, 6.07) is 3.62. The molecule has 0 aliphatic carbocycles. The van der Waals surface area contributed by atoms with Gasteiger partial charge in [-0.15, -0.1) is 0 Å². The average molecular weight is 247 g/mol. The summed E-state index contributed by atoms with van der Waals surface area (Å²) in [5.41, 5.74) is 1.43. The van der Waals surface area contributed by atoms with E-state index in [1.54, 1.807) is 23.1 Å². The van der Waals surface area contributed by atoms with Crippen LogP contribution in [0.25, 0.3) is 0 Å². The Bertz CT molecular complexity index is 528. The molecule has 1 N–H and O–H groups in total. The van der Waals surface area contributed by atoms with Gasteiger partial charge in [0.15, 0.2) is 0 Å². The largest absolute Gasteiger partial charge is 0.345 e. The molecule has 0 atom stereocenters. The van der Waals surface area contributed by atoms with Crippen molar-refractivity contribution in [1.82, 2.24) is 24.9 Å². The molecule has 1 amide bonds. The fraction of sp³-hybridized carbons (Fsp3) is 0.417. The summed E-state index contributed by atoms with van der Waals surface area (Å²) in [5.74, 6) is -0.161. The van der Waals surface area contributed by atoms with Crippen molar-refractivity contribution in [2.45, 2.75) is 33.5 Å². The Morgan fingerprint density at radius 1 is 1.33 bits per heavy atom. The van der Waals surface area contributed by atoms with Crippen LogP contribution in [0.3, 0.4) is 0 Å². The molecule has 0 aromatic carbocycles. The monoisotopic (exact) mass is 247 g/mol. The molecule has 6 heteroatoms. The Balaban J connectivity index is 1.96. The van der Waals surface area contributed by atoms with Crippen molar-refractivity contribution in [3.63, 3.8) is 0 Å². The highest BCUT2D eigenvalue weighted by Crippen LogP contribution is 2.00. The minimum Gasteiger partial charge on any atom is -0.345 e. The molecule has 0 unspecified atom stereocenters. The maximum Gasteiger partial charge on any atom is 0.272 e. The fourth-order valence-corrected chi connectivity index (χ4v) is 1.72. The second-order valence-corrected chi connectivity index (χ2v) is 3.88. The molecule has 0 aliphatic heterocycles. The second kappa shape index (κ2) is 5.48. The van der Waals surface area contributed by atoms with E-state index in [9.17, 15) is 4.79 Å². The van der Waals surface area contributed by atoms with Gasteiger partial charge in [-0.1, -0.05) is 0 Å². The van der Waals surface area contributed by atoms with Crippen molar-refractivity contribution in [2.75, 3.05) is 0 Å². The quantitative estimate of drug-likeness (QED) is 0.859. The number of nitrogens with one attached hydrogen (secondary N) is 1. The number of aromatic nitrogens is 4. The van der Waals surface area contributed by atoms with Crippen LogP contribution in [0.2, 0.25) is 0 Å². The third kappa shape index (κ3) is 2.58. The summed E-state index contributed by atoms with van der Waals surface area (Å²) in [5, 5.41) is 11.1. The van der Waals surface area contributed by atoms with Gasteiger partial charge in [-0.05, 0) is 26.0 Å². The molecule has 0 spiro atoms. The molecule has 2 aromatic rings. The highest BCUT2D eigenvalue weighted by molar-refractivity contribution is 5.92. The van der Waals surface area contributed by atoms with Crippen molar-refractivity contribution in [3.05, 3.63) is 35.9 Å². The van der Waals surface area contributed by atoms with Crippen molar-refractivity contribution in [2.24, 2.45) is 0 Å². The van der Waals surface area contributed by atoms with E-state index in [-0.39, 0.29) is 5.91 Å². The van der Waals surface area contributed by atoms with E-state index in [1.807, 2.05) is 24.6 Å². The van der Waals surface area contributed by atoms with Gasteiger partial charge in [0.05, 0.1) is 12.2 Å². The van der Waals surface area contributed by atoms with Gasteiger partial charge in [0.25, 0.3) is 5.91 Å². The van der Waals surface area contributed by atoms with E-state index < -0.39 is 0 Å². The zero-order chi connectivity index (χ0) is 13.0. The zero-order valence-corrected chi connectivity index (χ0v) is 10.6. The van der Waals surface area contributed by atoms with Gasteiger partial charge in [0.2, 0.25) is 0 Å². The molecule has 2 rings (SSSR count). The average Bonchev–Trinajstić information content (AvgIpc) is 3.04. The van der Waals surface area contributed by atoms with Crippen LogP contribution in [0, 0.1) is 0 Å². The molecule has 0 saturated carbocycles. The van der Waals surface area contributed by atoms with Crippen LogP contribution in [-0.2, 0) is 19.6 Å². The molecule has 96 valence electrons. The number of carbonyl (C=O) groups is 1. The lowest BCUT2D eigenvalue weighted by Crippen LogP contribution is -2.25. The molecule has 18 heavy (non-hydrogen) atoms. The van der Waals surface area contributed by atoms with E-state index in [1.165, 1.54) is 0 Å².